The van der Waals surface area contributed by atoms with E-state index in [-0.39, 0.29) is 17.9 Å². The van der Waals surface area contributed by atoms with Crippen molar-refractivity contribution in [3.8, 4) is 0 Å². The molecule has 0 amide bonds. The van der Waals surface area contributed by atoms with E-state index < -0.39 is 0 Å². The first-order chi connectivity index (χ1) is 3.29. The van der Waals surface area contributed by atoms with E-state index in [1.54, 1.807) is 0 Å². The summed E-state index contributed by atoms with van der Waals surface area (Å²) in [6.07, 6.45) is 0. The lowest BCUT2D eigenvalue weighted by Gasteiger charge is -1.69. The second-order valence-electron chi connectivity index (χ2n) is 1.44. The van der Waals surface area contributed by atoms with Crippen LogP contribution in [0.2, 0.25) is 0 Å². The maximum atomic E-state index is 10.2. The minimum atomic E-state index is -0.0718. The molecule has 5 heteroatoms. The highest BCUT2D eigenvalue weighted by Gasteiger charge is 1.81. The van der Waals surface area contributed by atoms with Gasteiger partial charge in [0.15, 0.2) is 0 Å². The lowest BCUT2D eigenvalue weighted by molar-refractivity contribution is 1.02. The highest BCUT2D eigenvalue weighted by Crippen LogP contribution is 1.76. The zero-order valence-electron chi connectivity index (χ0n) is 5.40. The number of H-pyrrole nitrogens is 2. The Bertz CT molecular complexity index is 200. The maximum Gasteiger partial charge on any atom is 0.264 e. The number of aromatic amines is 2. The molecular formula is C4H12N4O. The van der Waals surface area contributed by atoms with Gasteiger partial charge >= 0.3 is 0 Å². The Hall–Kier alpha value is -1.07. The summed E-state index contributed by atoms with van der Waals surface area (Å²) in [6.45, 7) is 1.82. The summed E-state index contributed by atoms with van der Waals surface area (Å²) in [4.78, 5) is 10.2. The van der Waals surface area contributed by atoms with Crippen molar-refractivity contribution in [2.45, 2.75) is 6.92 Å². The Kier molecular flexibility index (Phi) is 4.66. The Morgan fingerprint density at radius 2 is 1.89 bits per heavy atom. The molecule has 0 spiro atoms. The van der Waals surface area contributed by atoms with Crippen LogP contribution in [0.3, 0.4) is 0 Å². The molecule has 1 aromatic rings. The predicted molar refractivity (Wildman–Crippen MR) is 36.2 cm³/mol. The van der Waals surface area contributed by atoms with Crippen molar-refractivity contribution in [1.82, 2.24) is 22.5 Å². The third-order valence-corrected chi connectivity index (χ3v) is 0.730. The quantitative estimate of drug-likeness (QED) is 0.407. The largest absolute Gasteiger partial charge is 0.344 e. The molecule has 0 bridgehead atoms. The van der Waals surface area contributed by atoms with Crippen molar-refractivity contribution >= 4 is 0 Å². The number of hydrogen-bond donors (Lipinski definition) is 4. The zero-order chi connectivity index (χ0) is 5.28. The Morgan fingerprint density at radius 3 is 2.00 bits per heavy atom. The van der Waals surface area contributed by atoms with Gasteiger partial charge in [0, 0.05) is 11.8 Å². The molecule has 0 saturated carbocycles. The topological polar surface area (TPSA) is 119 Å². The number of aryl methyl sites for hydroxylation is 1. The van der Waals surface area contributed by atoms with E-state index in [0.29, 0.717) is 0 Å². The minimum absolute atomic E-state index is 0. The molecule has 9 heavy (non-hydrogen) atoms. The van der Waals surface area contributed by atoms with Crippen LogP contribution in [0.4, 0.5) is 0 Å². The van der Waals surface area contributed by atoms with Crippen molar-refractivity contribution in [1.29, 1.82) is 0 Å². The average molecular weight is 132 g/mol. The second-order valence-corrected chi connectivity index (χ2v) is 1.44. The molecule has 0 aliphatic rings. The van der Waals surface area contributed by atoms with Crippen LogP contribution >= 0.6 is 0 Å². The third-order valence-electron chi connectivity index (χ3n) is 0.730. The van der Waals surface area contributed by atoms with Crippen LogP contribution in [0.15, 0.2) is 10.9 Å². The molecule has 5 nitrogen and oxygen atoms in total. The van der Waals surface area contributed by atoms with Crippen LogP contribution in [0.5, 0.6) is 0 Å². The first-order valence-electron chi connectivity index (χ1n) is 2.03. The van der Waals surface area contributed by atoms with Gasteiger partial charge in [0.25, 0.3) is 5.56 Å². The lowest BCUT2D eigenvalue weighted by Crippen LogP contribution is -1.93. The molecule has 8 N–H and O–H groups in total. The monoisotopic (exact) mass is 132 g/mol. The summed E-state index contributed by atoms with van der Waals surface area (Å²) >= 11 is 0. The fraction of sp³-hybridized carbons (Fsp3) is 0.250. The van der Waals surface area contributed by atoms with Crippen LogP contribution in [0.25, 0.3) is 0 Å². The summed E-state index contributed by atoms with van der Waals surface area (Å²) in [5.74, 6) is 0. The van der Waals surface area contributed by atoms with Gasteiger partial charge in [0.05, 0.1) is 0 Å². The molecule has 0 saturated heterocycles. The van der Waals surface area contributed by atoms with Gasteiger partial charge in [-0.1, -0.05) is 0 Å². The maximum absolute atomic E-state index is 10.2. The molecule has 1 aromatic heterocycles. The summed E-state index contributed by atoms with van der Waals surface area (Å²) < 4.78 is 0. The first kappa shape index (κ1) is 10.8. The molecular weight excluding hydrogens is 120 g/mol. The van der Waals surface area contributed by atoms with Crippen LogP contribution in [0.1, 0.15) is 5.69 Å². The number of hydrogen-bond acceptors (Lipinski definition) is 3. The van der Waals surface area contributed by atoms with E-state index in [4.69, 9.17) is 0 Å². The van der Waals surface area contributed by atoms with Crippen LogP contribution in [-0.4, -0.2) is 10.2 Å². The van der Waals surface area contributed by atoms with E-state index in [1.165, 1.54) is 6.07 Å². The number of rotatable bonds is 0. The highest BCUT2D eigenvalue weighted by atomic mass is 16.1. The Balaban J connectivity index is 0. The van der Waals surface area contributed by atoms with E-state index in [9.17, 15) is 4.79 Å². The molecule has 0 aromatic carbocycles. The van der Waals surface area contributed by atoms with Gasteiger partial charge < -0.3 is 17.4 Å². The fourth-order valence-corrected chi connectivity index (χ4v) is 0.429. The molecule has 1 rings (SSSR count). The molecule has 54 valence electrons. The molecule has 0 aliphatic heterocycles. The smallest absolute Gasteiger partial charge is 0.264 e. The van der Waals surface area contributed by atoms with Gasteiger partial charge in [0.2, 0.25) is 0 Å². The van der Waals surface area contributed by atoms with E-state index in [0.717, 1.165) is 5.69 Å². The summed E-state index contributed by atoms with van der Waals surface area (Å²) in [5.41, 5.74) is 0.794. The average Bonchev–Trinajstić information content (AvgIpc) is 1.87. The Labute approximate surface area is 52.6 Å². The van der Waals surface area contributed by atoms with Gasteiger partial charge in [0.1, 0.15) is 0 Å². The van der Waals surface area contributed by atoms with Gasteiger partial charge in [-0.2, -0.15) is 0 Å². The molecule has 0 atom stereocenters. The van der Waals surface area contributed by atoms with Crippen molar-refractivity contribution in [2.24, 2.45) is 0 Å². The van der Waals surface area contributed by atoms with Crippen molar-refractivity contribution in [3.05, 3.63) is 22.1 Å². The Morgan fingerprint density at radius 1 is 1.33 bits per heavy atom. The molecule has 0 fully saturated rings. The minimum Gasteiger partial charge on any atom is -0.344 e. The van der Waals surface area contributed by atoms with Crippen molar-refractivity contribution < 1.29 is 0 Å². The molecule has 0 aliphatic carbocycles. The highest BCUT2D eigenvalue weighted by molar-refractivity contribution is 4.92. The van der Waals surface area contributed by atoms with Crippen molar-refractivity contribution in [2.75, 3.05) is 0 Å². The standard InChI is InChI=1S/C4H6N2O.2H3N/c1-3-2-4(7)6-5-3;;/h2H,1H3,(H2,5,6,7);2*1H3. The van der Waals surface area contributed by atoms with E-state index in [1.807, 2.05) is 6.92 Å². The molecule has 1 heterocycles. The SMILES string of the molecule is Cc1cc(=O)[nH][nH]1.N.N. The second kappa shape index (κ2) is 3.88. The summed E-state index contributed by atoms with van der Waals surface area (Å²) in [5, 5.41) is 5.02. The normalized spacial score (nSPS) is 7.22. The molecule has 0 unspecified atom stereocenters. The van der Waals surface area contributed by atoms with Crippen LogP contribution in [-0.2, 0) is 0 Å². The zero-order valence-corrected chi connectivity index (χ0v) is 5.40. The summed E-state index contributed by atoms with van der Waals surface area (Å²) in [6, 6.07) is 1.50. The lowest BCUT2D eigenvalue weighted by atomic mass is 10.5. The third kappa shape index (κ3) is 2.68. The van der Waals surface area contributed by atoms with E-state index >= 15 is 0 Å². The predicted octanol–water partition coefficient (Wildman–Crippen LogP) is 0.335. The van der Waals surface area contributed by atoms with Crippen LogP contribution < -0.4 is 17.9 Å². The van der Waals surface area contributed by atoms with Gasteiger partial charge in [-0.15, -0.1) is 0 Å². The number of aromatic nitrogens is 2. The van der Waals surface area contributed by atoms with E-state index in [2.05, 4.69) is 10.2 Å². The molecule has 0 radical (unpaired) electrons. The number of nitrogens with one attached hydrogen (secondary N) is 2. The van der Waals surface area contributed by atoms with Gasteiger partial charge in [-0.3, -0.25) is 9.89 Å². The first-order valence-corrected chi connectivity index (χ1v) is 2.03. The fourth-order valence-electron chi connectivity index (χ4n) is 0.429. The van der Waals surface area contributed by atoms with Gasteiger partial charge in [-0.05, 0) is 6.92 Å². The summed E-state index contributed by atoms with van der Waals surface area (Å²) in [7, 11) is 0. The van der Waals surface area contributed by atoms with Crippen molar-refractivity contribution in [3.63, 3.8) is 0 Å². The van der Waals surface area contributed by atoms with Gasteiger partial charge in [-0.25, -0.2) is 0 Å². The van der Waals surface area contributed by atoms with Crippen LogP contribution in [0, 0.1) is 6.92 Å².